The summed E-state index contributed by atoms with van der Waals surface area (Å²) in [4.78, 5) is 1.36. The molecule has 1 aliphatic heterocycles. The molecule has 0 radical (unpaired) electrons. The number of hydrogen-bond donors (Lipinski definition) is 0. The molecule has 2 unspecified atom stereocenters. The molecule has 0 saturated heterocycles. The van der Waals surface area contributed by atoms with Gasteiger partial charge in [-0.15, -0.1) is 0 Å². The standard InChI is InChI=1S/C22H16BrFO2S/c23-21-17-8-11-19(26-14-15-4-2-1-3-5-15)13-20(12-17)27(25)22(21)16-6-9-18(24)10-7-16/h1-13,17H,14H2. The summed E-state index contributed by atoms with van der Waals surface area (Å²) in [6, 6.07) is 16.0. The van der Waals surface area contributed by atoms with E-state index in [1.54, 1.807) is 12.1 Å². The van der Waals surface area contributed by atoms with Gasteiger partial charge < -0.3 is 4.74 Å². The van der Waals surface area contributed by atoms with Crippen molar-refractivity contribution < 1.29 is 13.3 Å². The van der Waals surface area contributed by atoms with E-state index in [0.29, 0.717) is 22.2 Å². The van der Waals surface area contributed by atoms with Gasteiger partial charge in [-0.25, -0.2) is 8.60 Å². The van der Waals surface area contributed by atoms with Crippen LogP contribution in [0.15, 0.2) is 94.0 Å². The summed E-state index contributed by atoms with van der Waals surface area (Å²) in [5.74, 6) is 0.318. The first-order valence-electron chi connectivity index (χ1n) is 8.47. The molecule has 2 aromatic carbocycles. The topological polar surface area (TPSA) is 26.3 Å². The van der Waals surface area contributed by atoms with Crippen molar-refractivity contribution in [2.75, 3.05) is 0 Å². The predicted molar refractivity (Wildman–Crippen MR) is 110 cm³/mol. The summed E-state index contributed by atoms with van der Waals surface area (Å²) in [7, 11) is -1.38. The highest BCUT2D eigenvalue weighted by molar-refractivity contribution is 9.12. The molecule has 0 N–H and O–H groups in total. The summed E-state index contributed by atoms with van der Waals surface area (Å²) in [5, 5.41) is 0. The first kappa shape index (κ1) is 18.1. The third-order valence-electron chi connectivity index (χ3n) is 4.36. The van der Waals surface area contributed by atoms with Crippen molar-refractivity contribution in [3.05, 3.63) is 111 Å². The summed E-state index contributed by atoms with van der Waals surface area (Å²) < 4.78 is 33.1. The number of rotatable bonds is 4. The molecule has 0 amide bonds. The molecule has 0 fully saturated rings. The van der Waals surface area contributed by atoms with Crippen molar-refractivity contribution in [1.82, 2.24) is 0 Å². The van der Waals surface area contributed by atoms with Gasteiger partial charge in [-0.05, 0) is 35.4 Å². The number of fused-ring (bicyclic) bond motifs is 1. The zero-order valence-corrected chi connectivity index (χ0v) is 16.7. The third-order valence-corrected chi connectivity index (χ3v) is 7.06. The number of benzene rings is 2. The first-order valence-corrected chi connectivity index (χ1v) is 10.4. The highest BCUT2D eigenvalue weighted by Gasteiger charge is 2.28. The number of allylic oxidation sites excluding steroid dienone is 5. The van der Waals surface area contributed by atoms with Gasteiger partial charge >= 0.3 is 0 Å². The molecule has 2 nitrogen and oxygen atoms in total. The second-order valence-corrected chi connectivity index (χ2v) is 8.50. The van der Waals surface area contributed by atoms with Crippen LogP contribution < -0.4 is 0 Å². The van der Waals surface area contributed by atoms with Crippen molar-refractivity contribution in [2.45, 2.75) is 6.61 Å². The van der Waals surface area contributed by atoms with Crippen LogP contribution in [-0.2, 0) is 22.1 Å². The SMILES string of the molecule is O=S1C2=CC(C=CC(OCc3ccccc3)=C2)C(Br)=C1c1ccc(F)cc1. The molecule has 2 bridgehead atoms. The molecule has 2 aliphatic rings. The molecule has 2 atom stereocenters. The second kappa shape index (κ2) is 7.79. The van der Waals surface area contributed by atoms with Crippen molar-refractivity contribution in [1.29, 1.82) is 0 Å². The van der Waals surface area contributed by atoms with E-state index >= 15 is 0 Å². The van der Waals surface area contributed by atoms with Crippen LogP contribution in [0, 0.1) is 11.7 Å². The van der Waals surface area contributed by atoms with Crippen LogP contribution in [0.1, 0.15) is 11.1 Å². The molecule has 5 heteroatoms. The van der Waals surface area contributed by atoms with E-state index < -0.39 is 10.8 Å². The largest absolute Gasteiger partial charge is 0.489 e. The molecule has 0 saturated carbocycles. The van der Waals surface area contributed by atoms with Gasteiger partial charge in [0, 0.05) is 15.3 Å². The Labute approximate surface area is 168 Å². The fourth-order valence-electron chi connectivity index (χ4n) is 2.98. The van der Waals surface area contributed by atoms with Gasteiger partial charge in [0.25, 0.3) is 0 Å². The molecule has 136 valence electrons. The van der Waals surface area contributed by atoms with E-state index in [9.17, 15) is 8.60 Å². The molecule has 1 heterocycles. The van der Waals surface area contributed by atoms with Gasteiger partial charge in [-0.3, -0.25) is 0 Å². The number of hydrogen-bond acceptors (Lipinski definition) is 2. The zero-order chi connectivity index (χ0) is 18.8. The second-order valence-electron chi connectivity index (χ2n) is 6.23. The maximum absolute atomic E-state index is 13.3. The van der Waals surface area contributed by atoms with Gasteiger partial charge in [-0.2, -0.15) is 0 Å². The Bertz CT molecular complexity index is 1000. The maximum atomic E-state index is 13.3. The van der Waals surface area contributed by atoms with Crippen LogP contribution in [0.25, 0.3) is 4.91 Å². The third kappa shape index (κ3) is 3.89. The van der Waals surface area contributed by atoms with E-state index in [-0.39, 0.29) is 11.7 Å². The van der Waals surface area contributed by atoms with Crippen LogP contribution in [0.3, 0.4) is 0 Å². The van der Waals surface area contributed by atoms with Crippen molar-refractivity contribution >= 4 is 31.6 Å². The fourth-order valence-corrected chi connectivity index (χ4v) is 5.32. The highest BCUT2D eigenvalue weighted by atomic mass is 79.9. The van der Waals surface area contributed by atoms with E-state index in [1.807, 2.05) is 54.6 Å². The smallest absolute Gasteiger partial charge is 0.123 e. The molecule has 4 rings (SSSR count). The van der Waals surface area contributed by atoms with E-state index in [0.717, 1.165) is 15.6 Å². The minimum absolute atomic E-state index is 0.0353. The monoisotopic (exact) mass is 442 g/mol. The minimum atomic E-state index is -1.38. The lowest BCUT2D eigenvalue weighted by atomic mass is 10.1. The first-order chi connectivity index (χ1) is 13.1. The number of ether oxygens (including phenoxy) is 1. The normalized spacial score (nSPS) is 21.4. The number of halogens is 2. The van der Waals surface area contributed by atoms with Crippen LogP contribution in [0.4, 0.5) is 4.39 Å². The molecule has 1 aliphatic carbocycles. The van der Waals surface area contributed by atoms with E-state index in [4.69, 9.17) is 4.74 Å². The Morgan fingerprint density at radius 2 is 1.81 bits per heavy atom. The minimum Gasteiger partial charge on any atom is -0.489 e. The van der Waals surface area contributed by atoms with Crippen LogP contribution in [-0.4, -0.2) is 4.21 Å². The molecule has 0 aromatic heterocycles. The van der Waals surface area contributed by atoms with E-state index in [2.05, 4.69) is 15.9 Å². The predicted octanol–water partition coefficient (Wildman–Crippen LogP) is 5.82. The van der Waals surface area contributed by atoms with Crippen molar-refractivity contribution in [3.63, 3.8) is 0 Å². The summed E-state index contributed by atoms with van der Waals surface area (Å²) in [6.45, 7) is 0.445. The van der Waals surface area contributed by atoms with Crippen LogP contribution >= 0.6 is 15.9 Å². The van der Waals surface area contributed by atoms with Gasteiger partial charge in [0.1, 0.15) is 18.2 Å². The lowest BCUT2D eigenvalue weighted by molar-refractivity contribution is 0.211. The molecular weight excluding hydrogens is 427 g/mol. The molecule has 0 spiro atoms. The quantitative estimate of drug-likeness (QED) is 0.595. The Morgan fingerprint density at radius 3 is 2.56 bits per heavy atom. The highest BCUT2D eigenvalue weighted by Crippen LogP contribution is 2.41. The van der Waals surface area contributed by atoms with Crippen molar-refractivity contribution in [2.24, 2.45) is 5.92 Å². The maximum Gasteiger partial charge on any atom is 0.123 e. The van der Waals surface area contributed by atoms with Crippen LogP contribution in [0.2, 0.25) is 0 Å². The average molecular weight is 443 g/mol. The Morgan fingerprint density at radius 1 is 1.07 bits per heavy atom. The zero-order valence-electron chi connectivity index (χ0n) is 14.3. The van der Waals surface area contributed by atoms with Crippen molar-refractivity contribution in [3.8, 4) is 0 Å². The molecular formula is C22H16BrFO2S. The lowest BCUT2D eigenvalue weighted by Gasteiger charge is -2.20. The van der Waals surface area contributed by atoms with E-state index in [1.165, 1.54) is 12.1 Å². The summed E-state index contributed by atoms with van der Waals surface area (Å²) in [6.07, 6.45) is 7.69. The van der Waals surface area contributed by atoms with Crippen LogP contribution in [0.5, 0.6) is 0 Å². The molecule has 27 heavy (non-hydrogen) atoms. The van der Waals surface area contributed by atoms with Gasteiger partial charge in [0.2, 0.25) is 0 Å². The van der Waals surface area contributed by atoms with Gasteiger partial charge in [-0.1, -0.05) is 70.5 Å². The summed E-state index contributed by atoms with van der Waals surface area (Å²) >= 11 is 3.60. The Kier molecular flexibility index (Phi) is 5.23. The Balaban J connectivity index is 1.61. The summed E-state index contributed by atoms with van der Waals surface area (Å²) in [5.41, 5.74) is 1.81. The Hall–Kier alpha value is -2.24. The average Bonchev–Trinajstić information content (AvgIpc) is 2.89. The lowest BCUT2D eigenvalue weighted by Crippen LogP contribution is -2.09. The van der Waals surface area contributed by atoms with Gasteiger partial charge in [0.15, 0.2) is 0 Å². The molecule has 2 aromatic rings. The van der Waals surface area contributed by atoms with Gasteiger partial charge in [0.05, 0.1) is 15.7 Å². The fraction of sp³-hybridized carbons (Fsp3) is 0.0909.